The van der Waals surface area contributed by atoms with E-state index in [0.717, 1.165) is 6.42 Å². The molecule has 3 unspecified atom stereocenters. The average Bonchev–Trinajstić information content (AvgIpc) is 2.55. The number of carbonyl (C=O) groups excluding carboxylic acids is 3. The van der Waals surface area contributed by atoms with Crippen molar-refractivity contribution in [3.63, 3.8) is 0 Å². The van der Waals surface area contributed by atoms with E-state index in [1.54, 1.807) is 48.7 Å². The first-order chi connectivity index (χ1) is 12.8. The first-order valence-electron chi connectivity index (χ1n) is 9.70. The fourth-order valence-corrected chi connectivity index (χ4v) is 2.56. The van der Waals surface area contributed by atoms with Gasteiger partial charge in [0.05, 0.1) is 18.7 Å². The molecular weight excluding hydrogens is 364 g/mol. The quantitative estimate of drug-likeness (QED) is 0.425. The lowest BCUT2D eigenvalue weighted by Gasteiger charge is -2.30. The number of aliphatic hydroxyl groups excluding tert-OH is 1. The molecule has 4 atom stereocenters. The molecule has 0 spiro atoms. The van der Waals surface area contributed by atoms with Crippen LogP contribution in [0.3, 0.4) is 0 Å². The zero-order chi connectivity index (χ0) is 22.1. The zero-order valence-corrected chi connectivity index (χ0v) is 18.5. The van der Waals surface area contributed by atoms with Crippen LogP contribution in [0.5, 0.6) is 0 Å². The van der Waals surface area contributed by atoms with Gasteiger partial charge in [0.15, 0.2) is 0 Å². The van der Waals surface area contributed by atoms with Crippen LogP contribution in [0.1, 0.15) is 54.4 Å². The van der Waals surface area contributed by atoms with Gasteiger partial charge in [-0.3, -0.25) is 9.59 Å². The number of hydrogen-bond acceptors (Lipinski definition) is 6. The van der Waals surface area contributed by atoms with Crippen molar-refractivity contribution in [1.29, 1.82) is 0 Å². The third-order valence-electron chi connectivity index (χ3n) is 4.00. The van der Waals surface area contributed by atoms with Crippen molar-refractivity contribution in [1.82, 2.24) is 20.9 Å². The molecule has 0 aliphatic rings. The van der Waals surface area contributed by atoms with Crippen LogP contribution in [-0.4, -0.2) is 78.4 Å². The van der Waals surface area contributed by atoms with Crippen LogP contribution in [0.2, 0.25) is 0 Å². The van der Waals surface area contributed by atoms with Gasteiger partial charge in [-0.15, -0.1) is 0 Å². The fraction of sp³-hybridized carbons (Fsp3) is 0.842. The Morgan fingerprint density at radius 2 is 1.68 bits per heavy atom. The molecule has 0 aromatic rings. The van der Waals surface area contributed by atoms with Gasteiger partial charge in [-0.2, -0.15) is 0 Å². The van der Waals surface area contributed by atoms with Crippen LogP contribution >= 0.6 is 0 Å². The molecule has 0 radical (unpaired) electrons. The summed E-state index contributed by atoms with van der Waals surface area (Å²) in [7, 11) is 3.24. The van der Waals surface area contributed by atoms with E-state index in [1.807, 2.05) is 6.92 Å². The number of aliphatic hydroxyl groups is 1. The van der Waals surface area contributed by atoms with E-state index >= 15 is 0 Å². The molecule has 0 heterocycles. The predicted molar refractivity (Wildman–Crippen MR) is 108 cm³/mol. The Hall–Kier alpha value is -1.87. The van der Waals surface area contributed by atoms with Gasteiger partial charge in [0.25, 0.3) is 0 Å². The SMILES string of the molecule is CCCC(NC(=O)OC(C)(C)C)C(O)C(C)NCC(=O)N[C@@H](C)C(=O)N(C)C. The molecule has 0 rings (SSSR count). The van der Waals surface area contributed by atoms with E-state index in [0.29, 0.717) is 6.42 Å². The Morgan fingerprint density at radius 1 is 1.11 bits per heavy atom. The van der Waals surface area contributed by atoms with Gasteiger partial charge in [0.2, 0.25) is 11.8 Å². The van der Waals surface area contributed by atoms with Crippen molar-refractivity contribution < 1.29 is 24.2 Å². The molecule has 4 N–H and O–H groups in total. The van der Waals surface area contributed by atoms with Crippen molar-refractivity contribution >= 4 is 17.9 Å². The number of hydrogen-bond donors (Lipinski definition) is 4. The minimum Gasteiger partial charge on any atom is -0.444 e. The van der Waals surface area contributed by atoms with E-state index in [1.165, 1.54) is 4.90 Å². The van der Waals surface area contributed by atoms with Gasteiger partial charge >= 0.3 is 6.09 Å². The van der Waals surface area contributed by atoms with Gasteiger partial charge in [-0.05, 0) is 41.0 Å². The molecule has 0 aromatic heterocycles. The van der Waals surface area contributed by atoms with Crippen LogP contribution < -0.4 is 16.0 Å². The molecule has 164 valence electrons. The lowest BCUT2D eigenvalue weighted by Crippen LogP contribution is -2.54. The third-order valence-corrected chi connectivity index (χ3v) is 4.00. The second-order valence-corrected chi connectivity index (χ2v) is 8.22. The van der Waals surface area contributed by atoms with Crippen LogP contribution in [0.15, 0.2) is 0 Å². The second-order valence-electron chi connectivity index (χ2n) is 8.22. The monoisotopic (exact) mass is 402 g/mol. The summed E-state index contributed by atoms with van der Waals surface area (Å²) < 4.78 is 5.25. The number of alkyl carbamates (subject to hydrolysis) is 1. The normalized spacial score (nSPS) is 15.8. The predicted octanol–water partition coefficient (Wildman–Crippen LogP) is 0.612. The third kappa shape index (κ3) is 10.5. The van der Waals surface area contributed by atoms with E-state index in [4.69, 9.17) is 4.74 Å². The zero-order valence-electron chi connectivity index (χ0n) is 18.5. The maximum absolute atomic E-state index is 12.0. The summed E-state index contributed by atoms with van der Waals surface area (Å²) in [6.07, 6.45) is -0.186. The smallest absolute Gasteiger partial charge is 0.407 e. The number of ether oxygens (including phenoxy) is 1. The molecule has 28 heavy (non-hydrogen) atoms. The summed E-state index contributed by atoms with van der Waals surface area (Å²) in [6.45, 7) is 10.5. The topological polar surface area (TPSA) is 120 Å². The summed E-state index contributed by atoms with van der Waals surface area (Å²) in [6, 6.07) is -1.61. The number of rotatable bonds is 10. The fourth-order valence-electron chi connectivity index (χ4n) is 2.56. The Bertz CT molecular complexity index is 519. The highest BCUT2D eigenvalue weighted by atomic mass is 16.6. The summed E-state index contributed by atoms with van der Waals surface area (Å²) in [4.78, 5) is 37.2. The number of nitrogens with zero attached hydrogens (tertiary/aromatic N) is 1. The Kier molecular flexibility index (Phi) is 11.1. The number of likely N-dealkylation sites (N-methyl/N-ethyl adjacent to an activating group) is 1. The molecule has 0 saturated carbocycles. The average molecular weight is 403 g/mol. The first kappa shape index (κ1) is 26.1. The Balaban J connectivity index is 4.65. The summed E-state index contributed by atoms with van der Waals surface area (Å²) in [5.74, 6) is -0.556. The molecule has 0 aromatic carbocycles. The van der Waals surface area contributed by atoms with Crippen LogP contribution in [0, 0.1) is 0 Å². The molecule has 3 amide bonds. The van der Waals surface area contributed by atoms with Gasteiger partial charge in [-0.1, -0.05) is 13.3 Å². The summed E-state index contributed by atoms with van der Waals surface area (Å²) in [5, 5.41) is 18.8. The summed E-state index contributed by atoms with van der Waals surface area (Å²) >= 11 is 0. The molecule has 0 saturated heterocycles. The maximum atomic E-state index is 12.0. The van der Waals surface area contributed by atoms with Crippen molar-refractivity contribution in [2.45, 2.75) is 84.2 Å². The maximum Gasteiger partial charge on any atom is 0.407 e. The van der Waals surface area contributed by atoms with E-state index in [2.05, 4.69) is 16.0 Å². The van der Waals surface area contributed by atoms with Crippen molar-refractivity contribution in [2.75, 3.05) is 20.6 Å². The molecular formula is C19H38N4O5. The largest absolute Gasteiger partial charge is 0.444 e. The van der Waals surface area contributed by atoms with Gasteiger partial charge in [-0.25, -0.2) is 4.79 Å². The molecule has 9 heteroatoms. The van der Waals surface area contributed by atoms with Crippen molar-refractivity contribution in [3.05, 3.63) is 0 Å². The number of nitrogens with one attached hydrogen (secondary N) is 3. The highest BCUT2D eigenvalue weighted by Crippen LogP contribution is 2.11. The second kappa shape index (κ2) is 11.9. The lowest BCUT2D eigenvalue weighted by molar-refractivity contribution is -0.133. The first-order valence-corrected chi connectivity index (χ1v) is 9.70. The number of amides is 3. The lowest BCUT2D eigenvalue weighted by atomic mass is 10.00. The molecule has 0 bridgehead atoms. The Labute approximate surface area is 168 Å². The minimum atomic E-state index is -0.916. The summed E-state index contributed by atoms with van der Waals surface area (Å²) in [5.41, 5.74) is -0.631. The Morgan fingerprint density at radius 3 is 2.14 bits per heavy atom. The van der Waals surface area contributed by atoms with E-state index in [-0.39, 0.29) is 18.4 Å². The highest BCUT2D eigenvalue weighted by molar-refractivity contribution is 5.87. The molecule has 0 aliphatic heterocycles. The van der Waals surface area contributed by atoms with Gasteiger partial charge in [0, 0.05) is 20.1 Å². The van der Waals surface area contributed by atoms with Crippen LogP contribution in [-0.2, 0) is 14.3 Å². The molecule has 9 nitrogen and oxygen atoms in total. The highest BCUT2D eigenvalue weighted by Gasteiger charge is 2.28. The minimum absolute atomic E-state index is 0.0610. The van der Waals surface area contributed by atoms with Crippen molar-refractivity contribution in [2.24, 2.45) is 0 Å². The molecule has 0 fully saturated rings. The van der Waals surface area contributed by atoms with Crippen molar-refractivity contribution in [3.8, 4) is 0 Å². The molecule has 0 aliphatic carbocycles. The number of carbonyl (C=O) groups is 3. The van der Waals surface area contributed by atoms with Crippen LogP contribution in [0.25, 0.3) is 0 Å². The van der Waals surface area contributed by atoms with E-state index < -0.39 is 35.9 Å². The van der Waals surface area contributed by atoms with Gasteiger partial charge < -0.3 is 30.7 Å². The van der Waals surface area contributed by atoms with Crippen LogP contribution in [0.4, 0.5) is 4.79 Å². The van der Waals surface area contributed by atoms with Gasteiger partial charge in [0.1, 0.15) is 11.6 Å². The van der Waals surface area contributed by atoms with E-state index in [9.17, 15) is 19.5 Å². The standard InChI is InChI=1S/C19H38N4O5/c1-9-10-14(22-18(27)28-19(4,5)6)16(25)12(2)20-11-15(24)21-13(3)17(26)23(7)8/h12-14,16,20,25H,9-11H2,1-8H3,(H,21,24)(H,22,27)/t12?,13-,14?,16?/m0/s1.